The Kier molecular flexibility index (Phi) is 4.60. The number of piperazine rings is 1. The van der Waals surface area contributed by atoms with Gasteiger partial charge in [0, 0.05) is 42.5 Å². The van der Waals surface area contributed by atoms with Crippen LogP contribution in [0.2, 0.25) is 0 Å². The Morgan fingerprint density at radius 3 is 2.47 bits per heavy atom. The zero-order chi connectivity index (χ0) is 14.0. The van der Waals surface area contributed by atoms with Crippen molar-refractivity contribution in [3.05, 3.63) is 21.4 Å². The summed E-state index contributed by atoms with van der Waals surface area (Å²) in [5.74, 6) is 0.151. The highest BCUT2D eigenvalue weighted by Gasteiger charge is 2.24. The smallest absolute Gasteiger partial charge is 0.255 e. The standard InChI is InChI=1S/C14H22N2O2S/c1-10(17)9-15-4-6-16(7-5-15)14(18)13-8-11(2)19-12(13)3/h8,10,17H,4-7,9H2,1-3H3. The van der Waals surface area contributed by atoms with Crippen LogP contribution in [-0.2, 0) is 0 Å². The Morgan fingerprint density at radius 1 is 1.37 bits per heavy atom. The molecular formula is C14H22N2O2S. The van der Waals surface area contributed by atoms with Crippen LogP contribution in [0.3, 0.4) is 0 Å². The number of carbonyl (C=O) groups excluding carboxylic acids is 1. The van der Waals surface area contributed by atoms with Crippen molar-refractivity contribution in [2.24, 2.45) is 0 Å². The molecule has 5 heteroatoms. The molecule has 1 aliphatic heterocycles. The zero-order valence-corrected chi connectivity index (χ0v) is 12.7. The minimum absolute atomic E-state index is 0.151. The molecule has 0 bridgehead atoms. The average molecular weight is 282 g/mol. The van der Waals surface area contributed by atoms with Gasteiger partial charge in [0.1, 0.15) is 0 Å². The van der Waals surface area contributed by atoms with Crippen molar-refractivity contribution in [1.82, 2.24) is 9.80 Å². The Balaban J connectivity index is 1.94. The number of carbonyl (C=O) groups is 1. The fourth-order valence-corrected chi connectivity index (χ4v) is 3.44. The minimum Gasteiger partial charge on any atom is -0.392 e. The lowest BCUT2D eigenvalue weighted by atomic mass is 10.2. The lowest BCUT2D eigenvalue weighted by Gasteiger charge is -2.35. The largest absolute Gasteiger partial charge is 0.392 e. The van der Waals surface area contributed by atoms with Gasteiger partial charge in [-0.1, -0.05) is 0 Å². The normalized spacial score (nSPS) is 18.6. The molecular weight excluding hydrogens is 260 g/mol. The predicted octanol–water partition coefficient (Wildman–Crippen LogP) is 1.50. The Hall–Kier alpha value is -0.910. The second-order valence-corrected chi connectivity index (χ2v) is 6.73. The van der Waals surface area contributed by atoms with Gasteiger partial charge in [0.2, 0.25) is 0 Å². The molecule has 2 rings (SSSR count). The minimum atomic E-state index is -0.302. The van der Waals surface area contributed by atoms with Crippen LogP contribution in [0, 0.1) is 13.8 Å². The van der Waals surface area contributed by atoms with E-state index in [1.165, 1.54) is 4.88 Å². The molecule has 0 radical (unpaired) electrons. The van der Waals surface area contributed by atoms with Gasteiger partial charge in [0.15, 0.2) is 0 Å². The predicted molar refractivity (Wildman–Crippen MR) is 77.8 cm³/mol. The molecule has 1 aromatic rings. The summed E-state index contributed by atoms with van der Waals surface area (Å²) in [6.07, 6.45) is -0.302. The first-order valence-electron chi connectivity index (χ1n) is 6.74. The molecule has 1 amide bonds. The van der Waals surface area contributed by atoms with Crippen LogP contribution >= 0.6 is 11.3 Å². The molecule has 1 aromatic heterocycles. The highest BCUT2D eigenvalue weighted by atomic mass is 32.1. The van der Waals surface area contributed by atoms with Gasteiger partial charge >= 0.3 is 0 Å². The molecule has 1 atom stereocenters. The van der Waals surface area contributed by atoms with E-state index in [0.29, 0.717) is 6.54 Å². The molecule has 1 unspecified atom stereocenters. The first kappa shape index (κ1) is 14.5. The molecule has 1 N–H and O–H groups in total. The van der Waals surface area contributed by atoms with E-state index in [2.05, 4.69) is 4.90 Å². The van der Waals surface area contributed by atoms with Crippen LogP contribution in [0.25, 0.3) is 0 Å². The van der Waals surface area contributed by atoms with E-state index >= 15 is 0 Å². The number of nitrogens with zero attached hydrogens (tertiary/aromatic N) is 2. The highest BCUT2D eigenvalue weighted by molar-refractivity contribution is 7.12. The van der Waals surface area contributed by atoms with Gasteiger partial charge in [-0.3, -0.25) is 9.69 Å². The molecule has 1 saturated heterocycles. The topological polar surface area (TPSA) is 43.8 Å². The van der Waals surface area contributed by atoms with Crippen molar-refractivity contribution >= 4 is 17.2 Å². The third kappa shape index (κ3) is 3.55. The monoisotopic (exact) mass is 282 g/mol. The van der Waals surface area contributed by atoms with Crippen molar-refractivity contribution in [3.63, 3.8) is 0 Å². The summed E-state index contributed by atoms with van der Waals surface area (Å²) in [5, 5.41) is 9.38. The number of rotatable bonds is 3. The van der Waals surface area contributed by atoms with E-state index < -0.39 is 0 Å². The molecule has 4 nitrogen and oxygen atoms in total. The third-order valence-electron chi connectivity index (χ3n) is 3.45. The van der Waals surface area contributed by atoms with Gasteiger partial charge in [-0.05, 0) is 26.8 Å². The van der Waals surface area contributed by atoms with Gasteiger partial charge in [0.05, 0.1) is 11.7 Å². The van der Waals surface area contributed by atoms with Crippen LogP contribution in [-0.4, -0.2) is 59.6 Å². The molecule has 1 fully saturated rings. The van der Waals surface area contributed by atoms with E-state index in [0.717, 1.165) is 36.6 Å². The summed E-state index contributed by atoms with van der Waals surface area (Å²) in [6.45, 7) is 9.73. The van der Waals surface area contributed by atoms with Gasteiger partial charge in [-0.15, -0.1) is 11.3 Å². The Labute approximate surface area is 118 Å². The number of amides is 1. The number of hydrogen-bond donors (Lipinski definition) is 1. The number of hydrogen-bond acceptors (Lipinski definition) is 4. The molecule has 19 heavy (non-hydrogen) atoms. The van der Waals surface area contributed by atoms with E-state index in [1.54, 1.807) is 18.3 Å². The summed E-state index contributed by atoms with van der Waals surface area (Å²) in [7, 11) is 0. The summed E-state index contributed by atoms with van der Waals surface area (Å²) in [4.78, 5) is 18.9. The van der Waals surface area contributed by atoms with Crippen LogP contribution in [0.1, 0.15) is 27.0 Å². The SMILES string of the molecule is Cc1cc(C(=O)N2CCN(CC(C)O)CC2)c(C)s1. The maximum absolute atomic E-state index is 12.4. The molecule has 2 heterocycles. The first-order valence-corrected chi connectivity index (χ1v) is 7.55. The fraction of sp³-hybridized carbons (Fsp3) is 0.643. The zero-order valence-electron chi connectivity index (χ0n) is 11.8. The summed E-state index contributed by atoms with van der Waals surface area (Å²) < 4.78 is 0. The third-order valence-corrected chi connectivity index (χ3v) is 4.42. The quantitative estimate of drug-likeness (QED) is 0.914. The van der Waals surface area contributed by atoms with Gasteiger partial charge in [-0.2, -0.15) is 0 Å². The molecule has 1 aliphatic rings. The van der Waals surface area contributed by atoms with E-state index in [1.807, 2.05) is 24.8 Å². The molecule has 106 valence electrons. The van der Waals surface area contributed by atoms with E-state index in [-0.39, 0.29) is 12.0 Å². The first-order chi connectivity index (χ1) is 8.97. The molecule has 0 saturated carbocycles. The fourth-order valence-electron chi connectivity index (χ4n) is 2.52. The van der Waals surface area contributed by atoms with E-state index in [9.17, 15) is 9.90 Å². The van der Waals surface area contributed by atoms with Gasteiger partial charge < -0.3 is 10.0 Å². The van der Waals surface area contributed by atoms with Gasteiger partial charge in [-0.25, -0.2) is 0 Å². The second kappa shape index (κ2) is 6.03. The molecule has 0 aliphatic carbocycles. The van der Waals surface area contributed by atoms with Crippen LogP contribution in [0.4, 0.5) is 0 Å². The lowest BCUT2D eigenvalue weighted by molar-refractivity contribution is 0.0554. The van der Waals surface area contributed by atoms with Crippen molar-refractivity contribution in [1.29, 1.82) is 0 Å². The highest BCUT2D eigenvalue weighted by Crippen LogP contribution is 2.22. The van der Waals surface area contributed by atoms with Crippen molar-refractivity contribution in [2.75, 3.05) is 32.7 Å². The number of thiophene rings is 1. The lowest BCUT2D eigenvalue weighted by Crippen LogP contribution is -2.50. The molecule has 0 spiro atoms. The Bertz CT molecular complexity index is 448. The van der Waals surface area contributed by atoms with Crippen LogP contribution < -0.4 is 0 Å². The summed E-state index contributed by atoms with van der Waals surface area (Å²) >= 11 is 1.68. The maximum atomic E-state index is 12.4. The second-order valence-electron chi connectivity index (χ2n) is 5.27. The van der Waals surface area contributed by atoms with Crippen LogP contribution in [0.15, 0.2) is 6.07 Å². The van der Waals surface area contributed by atoms with Crippen molar-refractivity contribution < 1.29 is 9.90 Å². The summed E-state index contributed by atoms with van der Waals surface area (Å²) in [5.41, 5.74) is 0.853. The van der Waals surface area contributed by atoms with Gasteiger partial charge in [0.25, 0.3) is 5.91 Å². The van der Waals surface area contributed by atoms with Crippen molar-refractivity contribution in [2.45, 2.75) is 26.9 Å². The van der Waals surface area contributed by atoms with Crippen molar-refractivity contribution in [3.8, 4) is 0 Å². The maximum Gasteiger partial charge on any atom is 0.255 e. The van der Waals surface area contributed by atoms with E-state index in [4.69, 9.17) is 0 Å². The van der Waals surface area contributed by atoms with Crippen LogP contribution in [0.5, 0.6) is 0 Å². The Morgan fingerprint density at radius 2 is 2.00 bits per heavy atom. The average Bonchev–Trinajstić information content (AvgIpc) is 2.68. The summed E-state index contributed by atoms with van der Waals surface area (Å²) in [6, 6.07) is 1.99. The number of aliphatic hydroxyl groups is 1. The number of aliphatic hydroxyl groups excluding tert-OH is 1. The number of aryl methyl sites for hydroxylation is 2. The molecule has 0 aromatic carbocycles. The number of β-amino-alcohol motifs (C(OH)–C–C–N with tert-alkyl or cyclic N) is 1.